The molecule has 1 amide bonds. The van der Waals surface area contributed by atoms with E-state index >= 15 is 0 Å². The molecule has 1 heterocycles. The van der Waals surface area contributed by atoms with E-state index < -0.39 is 0 Å². The molecule has 0 fully saturated rings. The Morgan fingerprint density at radius 1 is 1.27 bits per heavy atom. The molecule has 0 saturated heterocycles. The molecular weight excluding hydrogens is 370 g/mol. The number of carbonyl (C=O) groups is 1. The van der Waals surface area contributed by atoms with E-state index in [9.17, 15) is 4.79 Å². The largest absolute Gasteiger partial charge is 0.325 e. The summed E-state index contributed by atoms with van der Waals surface area (Å²) in [5.41, 5.74) is 2.58. The van der Waals surface area contributed by atoms with Crippen molar-refractivity contribution in [1.29, 1.82) is 0 Å². The van der Waals surface area contributed by atoms with Crippen LogP contribution in [0.1, 0.15) is 18.3 Å². The third kappa shape index (κ3) is 4.42. The molecule has 1 unspecified atom stereocenters. The van der Waals surface area contributed by atoms with Gasteiger partial charge >= 0.3 is 0 Å². The summed E-state index contributed by atoms with van der Waals surface area (Å²) >= 11 is 7.47. The number of nitrogens with zero attached hydrogens (tertiary/aromatic N) is 4. The van der Waals surface area contributed by atoms with Crippen LogP contribution in [0.3, 0.4) is 0 Å². The van der Waals surface area contributed by atoms with Crippen LogP contribution in [0.5, 0.6) is 0 Å². The van der Waals surface area contributed by atoms with Crippen molar-refractivity contribution in [3.63, 3.8) is 0 Å². The van der Waals surface area contributed by atoms with Crippen molar-refractivity contribution in [2.24, 2.45) is 0 Å². The first-order valence-corrected chi connectivity index (χ1v) is 9.48. The van der Waals surface area contributed by atoms with Gasteiger partial charge in [-0.25, -0.2) is 0 Å². The zero-order valence-electron chi connectivity index (χ0n) is 14.4. The van der Waals surface area contributed by atoms with Crippen molar-refractivity contribution in [3.8, 4) is 5.69 Å². The van der Waals surface area contributed by atoms with Gasteiger partial charge in [0.1, 0.15) is 0 Å². The molecule has 0 aliphatic carbocycles. The standard InChI is InChI=1S/C18H18ClN5OS/c1-12-8-9-14(19)10-16(12)20-18(25)13(2)26-11-17-21-22-23-24(17)15-6-4-3-5-7-15/h3-10,13H,11H2,1-2H3,(H,20,25). The van der Waals surface area contributed by atoms with Crippen LogP contribution >= 0.6 is 23.4 Å². The molecule has 2 aromatic carbocycles. The van der Waals surface area contributed by atoms with Crippen molar-refractivity contribution < 1.29 is 4.79 Å². The number of carbonyl (C=O) groups excluding carboxylic acids is 1. The summed E-state index contributed by atoms with van der Waals surface area (Å²) in [6.07, 6.45) is 0. The smallest absolute Gasteiger partial charge is 0.237 e. The molecule has 1 atom stereocenters. The molecule has 8 heteroatoms. The van der Waals surface area contributed by atoms with Gasteiger partial charge in [-0.2, -0.15) is 4.68 Å². The molecule has 0 spiro atoms. The topological polar surface area (TPSA) is 72.7 Å². The average molecular weight is 388 g/mol. The number of hydrogen-bond donors (Lipinski definition) is 1. The zero-order chi connectivity index (χ0) is 18.5. The van der Waals surface area contributed by atoms with Crippen molar-refractivity contribution in [2.75, 3.05) is 5.32 Å². The van der Waals surface area contributed by atoms with E-state index in [1.54, 1.807) is 16.8 Å². The number of hydrogen-bond acceptors (Lipinski definition) is 5. The lowest BCUT2D eigenvalue weighted by atomic mass is 10.2. The van der Waals surface area contributed by atoms with Gasteiger partial charge in [-0.15, -0.1) is 16.9 Å². The fourth-order valence-corrected chi connectivity index (χ4v) is 3.27. The highest BCUT2D eigenvalue weighted by molar-refractivity contribution is 7.99. The molecule has 3 rings (SSSR count). The van der Waals surface area contributed by atoms with Crippen LogP contribution in [-0.2, 0) is 10.5 Å². The van der Waals surface area contributed by atoms with E-state index in [4.69, 9.17) is 11.6 Å². The third-order valence-corrected chi connectivity index (χ3v) is 5.20. The molecule has 134 valence electrons. The Labute approximate surface area is 160 Å². The summed E-state index contributed by atoms with van der Waals surface area (Å²) in [6, 6.07) is 15.1. The second-order valence-electron chi connectivity index (χ2n) is 5.74. The summed E-state index contributed by atoms with van der Waals surface area (Å²) in [5.74, 6) is 1.13. The Hall–Kier alpha value is -2.38. The first-order valence-electron chi connectivity index (χ1n) is 8.06. The van der Waals surface area contributed by atoms with E-state index in [1.165, 1.54) is 11.8 Å². The van der Waals surface area contributed by atoms with Crippen molar-refractivity contribution in [2.45, 2.75) is 24.9 Å². The number of thioether (sulfide) groups is 1. The first kappa shape index (κ1) is 18.4. The molecule has 1 N–H and O–H groups in total. The van der Waals surface area contributed by atoms with Crippen LogP contribution in [0.2, 0.25) is 5.02 Å². The number of aromatic nitrogens is 4. The molecule has 3 aromatic rings. The second-order valence-corrected chi connectivity index (χ2v) is 7.51. The number of rotatable bonds is 6. The lowest BCUT2D eigenvalue weighted by molar-refractivity contribution is -0.115. The summed E-state index contributed by atoms with van der Waals surface area (Å²) in [7, 11) is 0. The molecule has 0 aliphatic rings. The lowest BCUT2D eigenvalue weighted by Crippen LogP contribution is -2.23. The molecular formula is C18H18ClN5OS. The Morgan fingerprint density at radius 3 is 2.81 bits per heavy atom. The van der Waals surface area contributed by atoms with Gasteiger partial charge in [-0.05, 0) is 54.1 Å². The lowest BCUT2D eigenvalue weighted by Gasteiger charge is -2.13. The normalized spacial score (nSPS) is 12.0. The Bertz CT molecular complexity index is 900. The maximum absolute atomic E-state index is 12.5. The highest BCUT2D eigenvalue weighted by Gasteiger charge is 2.17. The summed E-state index contributed by atoms with van der Waals surface area (Å²) in [5, 5.41) is 15.1. The third-order valence-electron chi connectivity index (χ3n) is 3.82. The van der Waals surface area contributed by atoms with Gasteiger partial charge in [0.05, 0.1) is 16.7 Å². The highest BCUT2D eigenvalue weighted by atomic mass is 35.5. The van der Waals surface area contributed by atoms with Gasteiger partial charge in [-0.1, -0.05) is 35.9 Å². The van der Waals surface area contributed by atoms with Gasteiger partial charge < -0.3 is 5.32 Å². The quantitative estimate of drug-likeness (QED) is 0.694. The SMILES string of the molecule is Cc1ccc(Cl)cc1NC(=O)C(C)SCc1nnnn1-c1ccccc1. The summed E-state index contributed by atoms with van der Waals surface area (Å²) < 4.78 is 1.68. The number of para-hydroxylation sites is 1. The van der Waals surface area contributed by atoms with Crippen LogP contribution < -0.4 is 5.32 Å². The number of benzene rings is 2. The van der Waals surface area contributed by atoms with Gasteiger partial charge in [0, 0.05) is 10.7 Å². The monoisotopic (exact) mass is 387 g/mol. The average Bonchev–Trinajstić information content (AvgIpc) is 3.12. The minimum Gasteiger partial charge on any atom is -0.325 e. The molecule has 26 heavy (non-hydrogen) atoms. The minimum atomic E-state index is -0.269. The maximum Gasteiger partial charge on any atom is 0.237 e. The van der Waals surface area contributed by atoms with E-state index in [2.05, 4.69) is 20.8 Å². The van der Waals surface area contributed by atoms with Crippen LogP contribution in [0, 0.1) is 6.92 Å². The van der Waals surface area contributed by atoms with Gasteiger partial charge in [0.2, 0.25) is 5.91 Å². The number of amides is 1. The van der Waals surface area contributed by atoms with Crippen molar-refractivity contribution in [1.82, 2.24) is 20.2 Å². The van der Waals surface area contributed by atoms with E-state index in [1.807, 2.05) is 50.2 Å². The predicted octanol–water partition coefficient (Wildman–Crippen LogP) is 3.88. The fourth-order valence-electron chi connectivity index (χ4n) is 2.30. The number of aryl methyl sites for hydroxylation is 1. The number of tetrazole rings is 1. The molecule has 0 radical (unpaired) electrons. The van der Waals surface area contributed by atoms with Crippen LogP contribution in [0.15, 0.2) is 48.5 Å². The highest BCUT2D eigenvalue weighted by Crippen LogP contribution is 2.23. The van der Waals surface area contributed by atoms with Gasteiger partial charge in [0.25, 0.3) is 0 Å². The predicted molar refractivity (Wildman–Crippen MR) is 105 cm³/mol. The number of nitrogens with one attached hydrogen (secondary N) is 1. The van der Waals surface area contributed by atoms with Crippen molar-refractivity contribution in [3.05, 3.63) is 64.9 Å². The van der Waals surface area contributed by atoms with E-state index in [0.717, 1.165) is 16.9 Å². The Morgan fingerprint density at radius 2 is 2.04 bits per heavy atom. The van der Waals surface area contributed by atoms with E-state index in [-0.39, 0.29) is 11.2 Å². The molecule has 0 bridgehead atoms. The summed E-state index contributed by atoms with van der Waals surface area (Å²) in [6.45, 7) is 3.79. The molecule has 6 nitrogen and oxygen atoms in total. The van der Waals surface area contributed by atoms with Crippen LogP contribution in [0.4, 0.5) is 5.69 Å². The molecule has 0 aliphatic heterocycles. The Kier molecular flexibility index (Phi) is 5.90. The van der Waals surface area contributed by atoms with Gasteiger partial charge in [-0.3, -0.25) is 4.79 Å². The summed E-state index contributed by atoms with van der Waals surface area (Å²) in [4.78, 5) is 12.5. The fraction of sp³-hybridized carbons (Fsp3) is 0.222. The van der Waals surface area contributed by atoms with E-state index in [0.29, 0.717) is 16.6 Å². The minimum absolute atomic E-state index is 0.0842. The zero-order valence-corrected chi connectivity index (χ0v) is 16.0. The number of halogens is 1. The number of anilines is 1. The van der Waals surface area contributed by atoms with Crippen molar-refractivity contribution >= 4 is 35.0 Å². The Balaban J connectivity index is 1.63. The van der Waals surface area contributed by atoms with Crippen LogP contribution in [-0.4, -0.2) is 31.4 Å². The molecule has 1 aromatic heterocycles. The molecule has 0 saturated carbocycles. The first-order chi connectivity index (χ1) is 12.5. The van der Waals surface area contributed by atoms with Crippen LogP contribution in [0.25, 0.3) is 5.69 Å². The second kappa shape index (κ2) is 8.33. The maximum atomic E-state index is 12.5. The van der Waals surface area contributed by atoms with Gasteiger partial charge in [0.15, 0.2) is 5.82 Å².